The third-order valence-corrected chi connectivity index (χ3v) is 4.97. The second-order valence-electron chi connectivity index (χ2n) is 8.27. The van der Waals surface area contributed by atoms with E-state index in [1.165, 1.54) is 38.5 Å². The van der Waals surface area contributed by atoms with E-state index in [0.29, 0.717) is 6.79 Å². The fourth-order valence-corrected chi connectivity index (χ4v) is 4.72. The molecule has 4 rings (SSSR count). The van der Waals surface area contributed by atoms with Crippen LogP contribution < -0.4 is 0 Å². The van der Waals surface area contributed by atoms with Crippen LogP contribution in [0.2, 0.25) is 0 Å². The molecule has 0 aromatic rings. The molecule has 0 saturated heterocycles. The first-order valence-electron chi connectivity index (χ1n) is 7.66. The molecule has 0 N–H and O–H groups in total. The smallest absolute Gasteiger partial charge is 0.147 e. The Balaban J connectivity index is 1.50. The number of hydrogen-bond donors (Lipinski definition) is 0. The summed E-state index contributed by atoms with van der Waals surface area (Å²) in [7, 11) is 0. The van der Waals surface area contributed by atoms with Crippen molar-refractivity contribution in [2.75, 3.05) is 13.4 Å². The van der Waals surface area contributed by atoms with E-state index in [0.717, 1.165) is 24.4 Å². The van der Waals surface area contributed by atoms with E-state index in [1.807, 2.05) is 0 Å². The fourth-order valence-electron chi connectivity index (χ4n) is 4.72. The summed E-state index contributed by atoms with van der Waals surface area (Å²) < 4.78 is 11.9. The molecule has 0 atom stereocenters. The van der Waals surface area contributed by atoms with Gasteiger partial charge in [-0.2, -0.15) is 0 Å². The molecule has 0 unspecified atom stereocenters. The molecule has 18 heavy (non-hydrogen) atoms. The molecule has 0 aromatic carbocycles. The van der Waals surface area contributed by atoms with Gasteiger partial charge in [0, 0.05) is 0 Å². The van der Waals surface area contributed by atoms with Crippen molar-refractivity contribution >= 4 is 0 Å². The summed E-state index contributed by atoms with van der Waals surface area (Å²) in [6.45, 7) is 7.91. The van der Waals surface area contributed by atoms with Crippen LogP contribution in [0.25, 0.3) is 0 Å². The maximum atomic E-state index is 6.22. The highest BCUT2D eigenvalue weighted by Gasteiger charge is 2.51. The van der Waals surface area contributed by atoms with E-state index < -0.39 is 0 Å². The highest BCUT2D eigenvalue weighted by Crippen LogP contribution is 2.57. The zero-order chi connectivity index (χ0) is 12.8. The number of rotatable bonds is 4. The van der Waals surface area contributed by atoms with E-state index >= 15 is 0 Å². The summed E-state index contributed by atoms with van der Waals surface area (Å²) >= 11 is 0. The van der Waals surface area contributed by atoms with Crippen LogP contribution in [0, 0.1) is 23.2 Å². The summed E-state index contributed by atoms with van der Waals surface area (Å²) in [5.41, 5.74) is 0.442. The van der Waals surface area contributed by atoms with Crippen molar-refractivity contribution in [3.8, 4) is 0 Å². The average molecular weight is 252 g/mol. The van der Waals surface area contributed by atoms with Crippen molar-refractivity contribution in [3.63, 3.8) is 0 Å². The first-order valence-corrected chi connectivity index (χ1v) is 7.66. The minimum absolute atomic E-state index is 0.201. The van der Waals surface area contributed by atoms with Gasteiger partial charge in [0.2, 0.25) is 0 Å². The lowest BCUT2D eigenvalue weighted by atomic mass is 9.54. The zero-order valence-electron chi connectivity index (χ0n) is 12.2. The van der Waals surface area contributed by atoms with Crippen LogP contribution in [-0.2, 0) is 9.47 Å². The van der Waals surface area contributed by atoms with Gasteiger partial charge in [0.05, 0.1) is 12.2 Å². The van der Waals surface area contributed by atoms with E-state index in [2.05, 4.69) is 20.8 Å². The van der Waals surface area contributed by atoms with Crippen LogP contribution in [-0.4, -0.2) is 19.0 Å². The maximum absolute atomic E-state index is 6.22. The normalized spacial score (nSPS) is 42.5. The van der Waals surface area contributed by atoms with Gasteiger partial charge in [0.15, 0.2) is 0 Å². The van der Waals surface area contributed by atoms with Crippen molar-refractivity contribution in [2.24, 2.45) is 23.2 Å². The second-order valence-corrected chi connectivity index (χ2v) is 8.27. The van der Waals surface area contributed by atoms with Crippen LogP contribution in [0.4, 0.5) is 0 Å². The van der Waals surface area contributed by atoms with Crippen LogP contribution in [0.15, 0.2) is 0 Å². The van der Waals surface area contributed by atoms with Crippen LogP contribution in [0.5, 0.6) is 0 Å². The molecule has 0 heterocycles. The second kappa shape index (κ2) is 4.49. The monoisotopic (exact) mass is 252 g/mol. The van der Waals surface area contributed by atoms with Gasteiger partial charge in [0.25, 0.3) is 0 Å². The first-order chi connectivity index (χ1) is 8.44. The molecule has 104 valence electrons. The Morgan fingerprint density at radius 2 is 1.44 bits per heavy atom. The van der Waals surface area contributed by atoms with E-state index in [-0.39, 0.29) is 11.0 Å². The lowest BCUT2D eigenvalue weighted by Gasteiger charge is -2.56. The largest absolute Gasteiger partial charge is 0.355 e. The molecule has 2 nitrogen and oxygen atoms in total. The third kappa shape index (κ3) is 2.75. The molecule has 0 spiro atoms. The van der Waals surface area contributed by atoms with E-state index in [1.54, 1.807) is 0 Å². The van der Waals surface area contributed by atoms with Gasteiger partial charge < -0.3 is 9.47 Å². The molecule has 4 aliphatic carbocycles. The fraction of sp³-hybridized carbons (Fsp3) is 1.00. The minimum Gasteiger partial charge on any atom is -0.355 e. The molecular weight excluding hydrogens is 224 g/mol. The van der Waals surface area contributed by atoms with Gasteiger partial charge in [0.1, 0.15) is 6.79 Å². The zero-order valence-corrected chi connectivity index (χ0v) is 12.2. The van der Waals surface area contributed by atoms with Crippen molar-refractivity contribution in [2.45, 2.75) is 64.9 Å². The van der Waals surface area contributed by atoms with Gasteiger partial charge >= 0.3 is 0 Å². The number of ether oxygens (including phenoxy) is 2. The summed E-state index contributed by atoms with van der Waals surface area (Å²) in [4.78, 5) is 0. The molecule has 4 saturated carbocycles. The lowest BCUT2D eigenvalue weighted by molar-refractivity contribution is -0.213. The Morgan fingerprint density at radius 1 is 0.944 bits per heavy atom. The predicted molar refractivity (Wildman–Crippen MR) is 72.3 cm³/mol. The van der Waals surface area contributed by atoms with Gasteiger partial charge in [-0.15, -0.1) is 0 Å². The molecule has 2 heteroatoms. The molecular formula is C16H28O2. The van der Waals surface area contributed by atoms with Crippen molar-refractivity contribution in [1.82, 2.24) is 0 Å². The average Bonchev–Trinajstić information content (AvgIpc) is 2.21. The van der Waals surface area contributed by atoms with Crippen molar-refractivity contribution in [1.29, 1.82) is 0 Å². The van der Waals surface area contributed by atoms with Crippen LogP contribution in [0.3, 0.4) is 0 Å². The molecule has 0 aliphatic heterocycles. The molecule has 0 aromatic heterocycles. The van der Waals surface area contributed by atoms with Gasteiger partial charge in [-0.3, -0.25) is 0 Å². The maximum Gasteiger partial charge on any atom is 0.147 e. The molecule has 0 amide bonds. The van der Waals surface area contributed by atoms with Gasteiger partial charge in [-0.25, -0.2) is 0 Å². The third-order valence-electron chi connectivity index (χ3n) is 4.97. The summed E-state index contributed by atoms with van der Waals surface area (Å²) in [5, 5.41) is 0. The first kappa shape index (κ1) is 12.9. The Hall–Kier alpha value is -0.0800. The minimum atomic E-state index is 0.201. The Morgan fingerprint density at radius 3 is 1.89 bits per heavy atom. The highest BCUT2D eigenvalue weighted by molar-refractivity contribution is 5.02. The Bertz CT molecular complexity index is 267. The molecule has 0 radical (unpaired) electrons. The van der Waals surface area contributed by atoms with Gasteiger partial charge in [-0.1, -0.05) is 20.8 Å². The highest BCUT2D eigenvalue weighted by atomic mass is 16.7. The topological polar surface area (TPSA) is 18.5 Å². The lowest BCUT2D eigenvalue weighted by Crippen LogP contribution is -2.52. The Kier molecular flexibility index (Phi) is 3.22. The summed E-state index contributed by atoms with van der Waals surface area (Å²) in [6.07, 6.45) is 8.34. The Labute approximate surface area is 111 Å². The van der Waals surface area contributed by atoms with Crippen molar-refractivity contribution < 1.29 is 9.47 Å². The van der Waals surface area contributed by atoms with Gasteiger partial charge in [-0.05, 0) is 61.7 Å². The molecule has 4 aliphatic rings. The SMILES string of the molecule is CC(C)(C)COCOC12CC3CC(CC(C3)C1)C2. The van der Waals surface area contributed by atoms with Crippen LogP contribution in [0.1, 0.15) is 59.3 Å². The van der Waals surface area contributed by atoms with E-state index in [4.69, 9.17) is 9.47 Å². The number of hydrogen-bond acceptors (Lipinski definition) is 2. The quantitative estimate of drug-likeness (QED) is 0.556. The summed E-state index contributed by atoms with van der Waals surface area (Å²) in [5.74, 6) is 2.87. The molecule has 4 fully saturated rings. The summed E-state index contributed by atoms with van der Waals surface area (Å²) in [6, 6.07) is 0. The van der Waals surface area contributed by atoms with E-state index in [9.17, 15) is 0 Å². The molecule has 4 bridgehead atoms. The van der Waals surface area contributed by atoms with Crippen LogP contribution >= 0.6 is 0 Å². The van der Waals surface area contributed by atoms with Crippen molar-refractivity contribution in [3.05, 3.63) is 0 Å². The standard InChI is InChI=1S/C16H28O2/c1-15(2,3)10-17-11-18-16-7-12-4-13(8-16)6-14(5-12)9-16/h12-14H,4-11H2,1-3H3. The predicted octanol–water partition coefficient (Wildman–Crippen LogP) is 3.99.